The van der Waals surface area contributed by atoms with Crippen LogP contribution in [0.5, 0.6) is 0 Å². The van der Waals surface area contributed by atoms with Gasteiger partial charge in [-0.2, -0.15) is 9.90 Å². The van der Waals surface area contributed by atoms with Gasteiger partial charge >= 0.3 is 0 Å². The van der Waals surface area contributed by atoms with E-state index < -0.39 is 0 Å². The molecule has 1 heteroatoms. The molecular formula is C11H19P. The highest BCUT2D eigenvalue weighted by Gasteiger charge is 1.79. The molecular weight excluding hydrogens is 163 g/mol. The molecule has 1 aromatic rings. The molecule has 0 aliphatic rings. The number of benzene rings is 1. The Morgan fingerprint density at radius 3 is 1.33 bits per heavy atom. The van der Waals surface area contributed by atoms with Crippen molar-refractivity contribution < 1.29 is 0 Å². The van der Waals surface area contributed by atoms with Crippen LogP contribution in [0.2, 0.25) is 0 Å². The van der Waals surface area contributed by atoms with Crippen molar-refractivity contribution >= 4 is 9.90 Å². The Bertz CT molecular complexity index is 178. The lowest BCUT2D eigenvalue weighted by Gasteiger charge is -1.90. The molecule has 0 heterocycles. The van der Waals surface area contributed by atoms with Crippen molar-refractivity contribution in [1.82, 2.24) is 0 Å². The van der Waals surface area contributed by atoms with Crippen molar-refractivity contribution in [1.29, 1.82) is 0 Å². The van der Waals surface area contributed by atoms with Crippen molar-refractivity contribution in [2.45, 2.75) is 20.8 Å². The molecule has 0 aliphatic carbocycles. The zero-order chi connectivity index (χ0) is 8.69. The predicted molar refractivity (Wildman–Crippen MR) is 62.9 cm³/mol. The van der Waals surface area contributed by atoms with E-state index in [1.165, 1.54) is 11.1 Å². The van der Waals surface area contributed by atoms with Crippen LogP contribution in [0.4, 0.5) is 0 Å². The molecule has 0 fully saturated rings. The average Bonchev–Trinajstić information content (AvgIpc) is 1.97. The molecule has 0 nitrogen and oxygen atoms in total. The maximum Gasteiger partial charge on any atom is -0.0398 e. The summed E-state index contributed by atoms with van der Waals surface area (Å²) in [6.45, 7) is 9.44. The zero-order valence-electron chi connectivity index (χ0n) is 8.30. The van der Waals surface area contributed by atoms with E-state index in [-0.39, 0.29) is 9.90 Å². The van der Waals surface area contributed by atoms with Crippen LogP contribution >= 0.6 is 9.90 Å². The van der Waals surface area contributed by atoms with Gasteiger partial charge in [-0.15, -0.1) is 6.58 Å². The van der Waals surface area contributed by atoms with Gasteiger partial charge in [-0.05, 0) is 20.8 Å². The molecule has 0 saturated carbocycles. The number of hydrogen-bond acceptors (Lipinski definition) is 0. The highest BCUT2D eigenvalue weighted by atomic mass is 31.0. The Balaban J connectivity index is 0. The van der Waals surface area contributed by atoms with E-state index >= 15 is 0 Å². The molecule has 0 saturated heterocycles. The average molecular weight is 182 g/mol. The lowest BCUT2D eigenvalue weighted by molar-refractivity contribution is 1.40. The molecule has 0 radical (unpaired) electrons. The monoisotopic (exact) mass is 182 g/mol. The fraction of sp³-hybridized carbons (Fsp3) is 0.273. The summed E-state index contributed by atoms with van der Waals surface area (Å²) in [5.74, 6) is 0. The topological polar surface area (TPSA) is 0 Å². The smallest absolute Gasteiger partial charge is 0.0398 e. The first kappa shape index (κ1) is 13.9. The summed E-state index contributed by atoms with van der Waals surface area (Å²) < 4.78 is 0. The summed E-state index contributed by atoms with van der Waals surface area (Å²) >= 11 is 0. The van der Waals surface area contributed by atoms with E-state index in [1.54, 1.807) is 6.08 Å². The van der Waals surface area contributed by atoms with Crippen molar-refractivity contribution in [3.63, 3.8) is 0 Å². The second-order valence-corrected chi connectivity index (χ2v) is 2.56. The first-order valence-corrected chi connectivity index (χ1v) is 3.81. The quantitative estimate of drug-likeness (QED) is 0.425. The van der Waals surface area contributed by atoms with Gasteiger partial charge in [0.25, 0.3) is 0 Å². The molecule has 0 aliphatic heterocycles. The fourth-order valence-electron chi connectivity index (χ4n) is 0.637. The van der Waals surface area contributed by atoms with Crippen LogP contribution < -0.4 is 0 Å². The number of aryl methyl sites for hydroxylation is 2. The Labute approximate surface area is 79.3 Å². The summed E-state index contributed by atoms with van der Waals surface area (Å²) in [7, 11) is 0. The van der Waals surface area contributed by atoms with Crippen LogP contribution in [0.1, 0.15) is 18.1 Å². The molecule has 1 atom stereocenters. The minimum atomic E-state index is 0. The largest absolute Gasteiger partial charge is 0.153 e. The first-order valence-electron chi connectivity index (χ1n) is 3.81. The van der Waals surface area contributed by atoms with Crippen molar-refractivity contribution in [3.05, 3.63) is 48.0 Å². The summed E-state index contributed by atoms with van der Waals surface area (Å²) in [5, 5.41) is 0. The lowest BCUT2D eigenvalue weighted by Crippen LogP contribution is -1.70. The Morgan fingerprint density at radius 1 is 1.00 bits per heavy atom. The third-order valence-electron chi connectivity index (χ3n) is 1.22. The van der Waals surface area contributed by atoms with Crippen molar-refractivity contribution in [3.8, 4) is 0 Å². The second kappa shape index (κ2) is 8.49. The predicted octanol–water partition coefficient (Wildman–Crippen LogP) is 3.55. The number of rotatable bonds is 0. The second-order valence-electron chi connectivity index (χ2n) is 2.56. The van der Waals surface area contributed by atoms with Crippen LogP contribution in [0, 0.1) is 13.8 Å². The lowest BCUT2D eigenvalue weighted by atomic mass is 10.2. The van der Waals surface area contributed by atoms with Crippen LogP contribution in [0.3, 0.4) is 0 Å². The minimum Gasteiger partial charge on any atom is -0.153 e. The van der Waals surface area contributed by atoms with E-state index in [0.717, 1.165) is 0 Å². The van der Waals surface area contributed by atoms with E-state index in [1.807, 2.05) is 6.92 Å². The third kappa shape index (κ3) is 7.50. The number of hydrogen-bond donors (Lipinski definition) is 0. The molecule has 1 aromatic carbocycles. The van der Waals surface area contributed by atoms with E-state index in [2.05, 4.69) is 44.7 Å². The van der Waals surface area contributed by atoms with Gasteiger partial charge in [-0.3, -0.25) is 0 Å². The summed E-state index contributed by atoms with van der Waals surface area (Å²) in [5.41, 5.74) is 2.66. The minimum absolute atomic E-state index is 0. The molecule has 0 aromatic heterocycles. The van der Waals surface area contributed by atoms with Gasteiger partial charge in [-0.1, -0.05) is 41.5 Å². The van der Waals surface area contributed by atoms with Crippen LogP contribution in [-0.4, -0.2) is 0 Å². The Morgan fingerprint density at radius 2 is 1.17 bits per heavy atom. The molecule has 1 rings (SSSR count). The van der Waals surface area contributed by atoms with Crippen molar-refractivity contribution in [2.75, 3.05) is 0 Å². The van der Waals surface area contributed by atoms with Gasteiger partial charge in [-0.25, -0.2) is 0 Å². The summed E-state index contributed by atoms with van der Waals surface area (Å²) in [6, 6.07) is 8.48. The molecule has 68 valence electrons. The van der Waals surface area contributed by atoms with Crippen LogP contribution in [0.15, 0.2) is 36.9 Å². The Kier molecular flexibility index (Phi) is 9.86. The molecule has 0 spiro atoms. The molecule has 12 heavy (non-hydrogen) atoms. The Hall–Kier alpha value is -0.610. The third-order valence-corrected chi connectivity index (χ3v) is 1.22. The van der Waals surface area contributed by atoms with E-state index in [9.17, 15) is 0 Å². The standard InChI is InChI=1S/C8H10.C3H6.H3P/c1-7-3-5-8(2)6-4-7;1-3-2;/h3-6H,1-2H3;3H,1H2,2H3;1H3. The maximum absolute atomic E-state index is 3.36. The molecule has 0 bridgehead atoms. The van der Waals surface area contributed by atoms with Crippen LogP contribution in [-0.2, 0) is 0 Å². The summed E-state index contributed by atoms with van der Waals surface area (Å²) in [4.78, 5) is 0. The first-order chi connectivity index (χ1) is 5.20. The normalized spacial score (nSPS) is 7.25. The molecule has 0 amide bonds. The van der Waals surface area contributed by atoms with Gasteiger partial charge < -0.3 is 0 Å². The fourth-order valence-corrected chi connectivity index (χ4v) is 0.637. The van der Waals surface area contributed by atoms with Gasteiger partial charge in [0, 0.05) is 0 Å². The van der Waals surface area contributed by atoms with Crippen LogP contribution in [0.25, 0.3) is 0 Å². The van der Waals surface area contributed by atoms with Gasteiger partial charge in [0.2, 0.25) is 0 Å². The van der Waals surface area contributed by atoms with E-state index in [0.29, 0.717) is 0 Å². The van der Waals surface area contributed by atoms with Gasteiger partial charge in [0.15, 0.2) is 0 Å². The summed E-state index contributed by atoms with van der Waals surface area (Å²) in [6.07, 6.45) is 1.75. The highest BCUT2D eigenvalue weighted by Crippen LogP contribution is 1.99. The molecule has 1 unspecified atom stereocenters. The molecule has 0 N–H and O–H groups in total. The SMILES string of the molecule is C=CC.Cc1ccc(C)cc1.P. The van der Waals surface area contributed by atoms with Gasteiger partial charge in [0.05, 0.1) is 0 Å². The maximum atomic E-state index is 3.36. The number of allylic oxidation sites excluding steroid dienone is 1. The van der Waals surface area contributed by atoms with Gasteiger partial charge in [0.1, 0.15) is 0 Å². The highest BCUT2D eigenvalue weighted by molar-refractivity contribution is 6.92. The van der Waals surface area contributed by atoms with E-state index in [4.69, 9.17) is 0 Å². The zero-order valence-corrected chi connectivity index (χ0v) is 9.72. The van der Waals surface area contributed by atoms with Crippen molar-refractivity contribution in [2.24, 2.45) is 0 Å².